The van der Waals surface area contributed by atoms with Crippen molar-refractivity contribution >= 4 is 11.3 Å². The van der Waals surface area contributed by atoms with Crippen molar-refractivity contribution < 1.29 is 0 Å². The lowest BCUT2D eigenvalue weighted by atomic mass is 9.96. The van der Waals surface area contributed by atoms with Crippen LogP contribution in [-0.2, 0) is 13.0 Å². The second-order valence-electron chi connectivity index (χ2n) is 4.89. The van der Waals surface area contributed by atoms with Crippen molar-refractivity contribution in [3.05, 3.63) is 21.4 Å². The zero-order valence-corrected chi connectivity index (χ0v) is 11.4. The Morgan fingerprint density at radius 3 is 2.40 bits per heavy atom. The second kappa shape index (κ2) is 5.66. The van der Waals surface area contributed by atoms with Crippen LogP contribution in [0.25, 0.3) is 0 Å². The molecule has 0 unspecified atom stereocenters. The standard InChI is InChI=1S/C13H23NS/c1-9(2)6-12-11(7-14-5)8-15-13(12)10(3)4/h8-10,14H,6-7H2,1-5H3. The van der Waals surface area contributed by atoms with Gasteiger partial charge in [-0.25, -0.2) is 0 Å². The predicted octanol–water partition coefficient (Wildman–Crippen LogP) is 3.79. The predicted molar refractivity (Wildman–Crippen MR) is 69.7 cm³/mol. The van der Waals surface area contributed by atoms with Crippen molar-refractivity contribution in [1.82, 2.24) is 5.32 Å². The largest absolute Gasteiger partial charge is 0.316 e. The van der Waals surface area contributed by atoms with Crippen LogP contribution in [0.4, 0.5) is 0 Å². The molecule has 0 saturated heterocycles. The third-order valence-electron chi connectivity index (χ3n) is 2.52. The molecule has 86 valence electrons. The summed E-state index contributed by atoms with van der Waals surface area (Å²) in [5.41, 5.74) is 3.10. The molecule has 0 radical (unpaired) electrons. The van der Waals surface area contributed by atoms with E-state index in [1.807, 2.05) is 18.4 Å². The first-order chi connectivity index (χ1) is 7.06. The minimum Gasteiger partial charge on any atom is -0.316 e. The van der Waals surface area contributed by atoms with Gasteiger partial charge in [-0.15, -0.1) is 11.3 Å². The van der Waals surface area contributed by atoms with E-state index in [1.165, 1.54) is 12.0 Å². The Labute approximate surface area is 97.9 Å². The first-order valence-electron chi connectivity index (χ1n) is 5.80. The molecule has 0 amide bonds. The topological polar surface area (TPSA) is 12.0 Å². The highest BCUT2D eigenvalue weighted by atomic mass is 32.1. The maximum atomic E-state index is 3.26. The molecule has 0 aromatic carbocycles. The van der Waals surface area contributed by atoms with Crippen LogP contribution < -0.4 is 5.32 Å². The molecular formula is C13H23NS. The van der Waals surface area contributed by atoms with Gasteiger partial charge in [0.15, 0.2) is 0 Å². The third kappa shape index (κ3) is 3.32. The normalized spacial score (nSPS) is 11.7. The number of hydrogen-bond donors (Lipinski definition) is 1. The molecule has 0 aliphatic rings. The van der Waals surface area contributed by atoms with E-state index in [1.54, 1.807) is 10.4 Å². The summed E-state index contributed by atoms with van der Waals surface area (Å²) in [6, 6.07) is 0. The fraction of sp³-hybridized carbons (Fsp3) is 0.692. The van der Waals surface area contributed by atoms with Gasteiger partial charge in [-0.3, -0.25) is 0 Å². The van der Waals surface area contributed by atoms with Gasteiger partial charge in [0.1, 0.15) is 0 Å². The maximum Gasteiger partial charge on any atom is 0.0213 e. The Morgan fingerprint density at radius 1 is 1.27 bits per heavy atom. The maximum absolute atomic E-state index is 3.26. The van der Waals surface area contributed by atoms with E-state index in [0.29, 0.717) is 5.92 Å². The summed E-state index contributed by atoms with van der Waals surface area (Å²) in [5, 5.41) is 5.58. The summed E-state index contributed by atoms with van der Waals surface area (Å²) in [6.07, 6.45) is 1.22. The third-order valence-corrected chi connectivity index (χ3v) is 3.89. The van der Waals surface area contributed by atoms with Gasteiger partial charge < -0.3 is 5.32 Å². The Bertz CT molecular complexity index is 299. The van der Waals surface area contributed by atoms with Gasteiger partial charge >= 0.3 is 0 Å². The first-order valence-corrected chi connectivity index (χ1v) is 6.68. The number of hydrogen-bond acceptors (Lipinski definition) is 2. The molecule has 0 fully saturated rings. The molecule has 1 nitrogen and oxygen atoms in total. The highest BCUT2D eigenvalue weighted by Gasteiger charge is 2.14. The fourth-order valence-electron chi connectivity index (χ4n) is 1.90. The van der Waals surface area contributed by atoms with E-state index in [4.69, 9.17) is 0 Å². The summed E-state index contributed by atoms with van der Waals surface area (Å²) in [6.45, 7) is 10.2. The fourth-order valence-corrected chi connectivity index (χ4v) is 3.02. The zero-order chi connectivity index (χ0) is 11.4. The van der Waals surface area contributed by atoms with E-state index in [9.17, 15) is 0 Å². The molecule has 0 aliphatic carbocycles. The highest BCUT2D eigenvalue weighted by molar-refractivity contribution is 7.10. The Morgan fingerprint density at radius 2 is 1.93 bits per heavy atom. The van der Waals surface area contributed by atoms with Gasteiger partial charge in [0.25, 0.3) is 0 Å². The smallest absolute Gasteiger partial charge is 0.0213 e. The monoisotopic (exact) mass is 225 g/mol. The summed E-state index contributed by atoms with van der Waals surface area (Å²) < 4.78 is 0. The van der Waals surface area contributed by atoms with Gasteiger partial charge in [-0.05, 0) is 41.8 Å². The minimum absolute atomic E-state index is 0.661. The average molecular weight is 225 g/mol. The lowest BCUT2D eigenvalue weighted by Crippen LogP contribution is -2.08. The lowest BCUT2D eigenvalue weighted by Gasteiger charge is -2.12. The Kier molecular flexibility index (Phi) is 4.81. The molecule has 1 N–H and O–H groups in total. The van der Waals surface area contributed by atoms with Gasteiger partial charge in [-0.2, -0.15) is 0 Å². The SMILES string of the molecule is CNCc1csc(C(C)C)c1CC(C)C. The summed E-state index contributed by atoms with van der Waals surface area (Å²) in [4.78, 5) is 1.58. The molecule has 0 aliphatic heterocycles. The van der Waals surface area contributed by atoms with E-state index >= 15 is 0 Å². The summed E-state index contributed by atoms with van der Waals surface area (Å²) in [5.74, 6) is 1.40. The molecule has 1 aromatic heterocycles. The van der Waals surface area contributed by atoms with Crippen LogP contribution in [0.1, 0.15) is 49.6 Å². The molecule has 0 atom stereocenters. The van der Waals surface area contributed by atoms with Gasteiger partial charge in [0.05, 0.1) is 0 Å². The molecule has 2 heteroatoms. The van der Waals surface area contributed by atoms with Crippen molar-refractivity contribution in [1.29, 1.82) is 0 Å². The quantitative estimate of drug-likeness (QED) is 0.804. The summed E-state index contributed by atoms with van der Waals surface area (Å²) in [7, 11) is 2.02. The van der Waals surface area contributed by atoms with Crippen molar-refractivity contribution in [2.75, 3.05) is 7.05 Å². The van der Waals surface area contributed by atoms with Crippen LogP contribution in [0.15, 0.2) is 5.38 Å². The molecule has 15 heavy (non-hydrogen) atoms. The lowest BCUT2D eigenvalue weighted by molar-refractivity contribution is 0.634. The van der Waals surface area contributed by atoms with Gasteiger partial charge in [-0.1, -0.05) is 27.7 Å². The second-order valence-corrected chi connectivity index (χ2v) is 5.80. The molecular weight excluding hydrogens is 202 g/mol. The van der Waals surface area contributed by atoms with E-state index in [0.717, 1.165) is 12.5 Å². The van der Waals surface area contributed by atoms with Crippen molar-refractivity contribution in [3.63, 3.8) is 0 Å². The van der Waals surface area contributed by atoms with Gasteiger partial charge in [0, 0.05) is 11.4 Å². The van der Waals surface area contributed by atoms with E-state index in [-0.39, 0.29) is 0 Å². The van der Waals surface area contributed by atoms with Crippen molar-refractivity contribution in [2.24, 2.45) is 5.92 Å². The molecule has 1 heterocycles. The van der Waals surface area contributed by atoms with Gasteiger partial charge in [0.2, 0.25) is 0 Å². The molecule has 1 rings (SSSR count). The van der Waals surface area contributed by atoms with Crippen LogP contribution >= 0.6 is 11.3 Å². The first kappa shape index (κ1) is 12.7. The van der Waals surface area contributed by atoms with Crippen LogP contribution in [0.5, 0.6) is 0 Å². The Balaban J connectivity index is 2.97. The minimum atomic E-state index is 0.661. The molecule has 0 bridgehead atoms. The number of rotatable bonds is 5. The molecule has 0 spiro atoms. The molecule has 0 saturated carbocycles. The van der Waals surface area contributed by atoms with Crippen LogP contribution in [-0.4, -0.2) is 7.05 Å². The van der Waals surface area contributed by atoms with Crippen LogP contribution in [0.3, 0.4) is 0 Å². The number of nitrogens with one attached hydrogen (secondary N) is 1. The van der Waals surface area contributed by atoms with E-state index < -0.39 is 0 Å². The molecule has 1 aromatic rings. The van der Waals surface area contributed by atoms with Crippen LogP contribution in [0.2, 0.25) is 0 Å². The van der Waals surface area contributed by atoms with Crippen LogP contribution in [0, 0.1) is 5.92 Å². The average Bonchev–Trinajstić information content (AvgIpc) is 2.48. The highest BCUT2D eigenvalue weighted by Crippen LogP contribution is 2.31. The van der Waals surface area contributed by atoms with E-state index in [2.05, 4.69) is 38.4 Å². The number of thiophene rings is 1. The zero-order valence-electron chi connectivity index (χ0n) is 10.6. The summed E-state index contributed by atoms with van der Waals surface area (Å²) >= 11 is 1.93. The Hall–Kier alpha value is -0.340. The van der Waals surface area contributed by atoms with Crippen molar-refractivity contribution in [2.45, 2.75) is 46.6 Å². The van der Waals surface area contributed by atoms with Crippen molar-refractivity contribution in [3.8, 4) is 0 Å².